The third kappa shape index (κ3) is 5.28. The number of amides is 2. The normalized spacial score (nSPS) is 10.7. The van der Waals surface area contributed by atoms with Crippen LogP contribution in [0, 0.1) is 5.92 Å². The van der Waals surface area contributed by atoms with E-state index in [1.807, 2.05) is 16.7 Å². The van der Waals surface area contributed by atoms with Crippen LogP contribution in [-0.2, 0) is 16.1 Å². The van der Waals surface area contributed by atoms with E-state index in [-0.39, 0.29) is 23.5 Å². The van der Waals surface area contributed by atoms with Gasteiger partial charge in [0.05, 0.1) is 5.75 Å². The van der Waals surface area contributed by atoms with E-state index in [0.29, 0.717) is 5.16 Å². The number of aromatic nitrogens is 4. The summed E-state index contributed by atoms with van der Waals surface area (Å²) in [5.74, 6) is 0.170. The zero-order valence-corrected chi connectivity index (χ0v) is 15.3. The van der Waals surface area contributed by atoms with Gasteiger partial charge in [-0.2, -0.15) is 0 Å². The van der Waals surface area contributed by atoms with E-state index >= 15 is 0 Å². The second-order valence-corrected chi connectivity index (χ2v) is 6.62. The fourth-order valence-electron chi connectivity index (χ4n) is 1.98. The number of nitrogens with zero attached hydrogens (tertiary/aromatic N) is 4. The van der Waals surface area contributed by atoms with Gasteiger partial charge in [0.25, 0.3) is 0 Å². The number of pyridine rings is 1. The molecule has 0 saturated carbocycles. The summed E-state index contributed by atoms with van der Waals surface area (Å²) >= 11 is 1.28. The number of hydrazine groups is 1. The van der Waals surface area contributed by atoms with Gasteiger partial charge in [-0.05, 0) is 18.6 Å². The van der Waals surface area contributed by atoms with Gasteiger partial charge in [-0.15, -0.1) is 10.2 Å². The molecule has 2 aromatic rings. The molecule has 0 aromatic carbocycles. The summed E-state index contributed by atoms with van der Waals surface area (Å²) in [5, 5.41) is 9.10. The van der Waals surface area contributed by atoms with Crippen LogP contribution in [0.5, 0.6) is 0 Å². The first-order valence-electron chi connectivity index (χ1n) is 8.08. The fourth-order valence-corrected chi connectivity index (χ4v) is 2.74. The zero-order valence-electron chi connectivity index (χ0n) is 14.5. The third-order valence-corrected chi connectivity index (χ3v) is 4.25. The summed E-state index contributed by atoms with van der Waals surface area (Å²) in [6.45, 7) is 6.33. The molecule has 0 unspecified atom stereocenters. The molecule has 0 radical (unpaired) electrons. The molecule has 0 aliphatic heterocycles. The monoisotopic (exact) mass is 362 g/mol. The van der Waals surface area contributed by atoms with Crippen molar-refractivity contribution < 1.29 is 9.59 Å². The molecule has 2 N–H and O–H groups in total. The maximum absolute atomic E-state index is 11.9. The Kier molecular flexibility index (Phi) is 6.93. The van der Waals surface area contributed by atoms with E-state index < -0.39 is 0 Å². The molecule has 2 amide bonds. The Hall–Kier alpha value is -2.42. The van der Waals surface area contributed by atoms with Gasteiger partial charge in [-0.3, -0.25) is 25.4 Å². The van der Waals surface area contributed by atoms with Gasteiger partial charge in [-0.1, -0.05) is 32.5 Å². The Morgan fingerprint density at radius 2 is 1.92 bits per heavy atom. The number of nitrogens with one attached hydrogen (secondary N) is 2. The van der Waals surface area contributed by atoms with Crippen LogP contribution in [0.4, 0.5) is 0 Å². The average molecular weight is 362 g/mol. The molecule has 0 aliphatic rings. The first-order chi connectivity index (χ1) is 12.0. The Morgan fingerprint density at radius 1 is 1.20 bits per heavy atom. The van der Waals surface area contributed by atoms with Crippen LogP contribution < -0.4 is 10.9 Å². The minimum absolute atomic E-state index is 0.135. The summed E-state index contributed by atoms with van der Waals surface area (Å²) in [6, 6.07) is 3.75. The van der Waals surface area contributed by atoms with Gasteiger partial charge in [0, 0.05) is 30.4 Å². The van der Waals surface area contributed by atoms with Crippen LogP contribution in [0.2, 0.25) is 0 Å². The van der Waals surface area contributed by atoms with Crippen molar-refractivity contribution in [2.45, 2.75) is 38.9 Å². The molecule has 0 aliphatic carbocycles. The smallest absolute Gasteiger partial charge is 0.248 e. The van der Waals surface area contributed by atoms with Gasteiger partial charge in [0.15, 0.2) is 11.0 Å². The van der Waals surface area contributed by atoms with Crippen molar-refractivity contribution in [3.05, 3.63) is 24.5 Å². The molecule has 2 aromatic heterocycles. The molecule has 8 nitrogen and oxygen atoms in total. The van der Waals surface area contributed by atoms with Crippen LogP contribution in [0.1, 0.15) is 27.2 Å². The minimum atomic E-state index is -0.296. The van der Waals surface area contributed by atoms with E-state index in [1.165, 1.54) is 11.8 Å². The largest absolute Gasteiger partial charge is 0.302 e. The SMILES string of the molecule is CCCn1c(SCC(=O)NNC(=O)C(C)C)nnc1-c1ccncc1. The summed E-state index contributed by atoms with van der Waals surface area (Å²) in [6.07, 6.45) is 4.33. The maximum atomic E-state index is 11.9. The molecule has 2 heterocycles. The predicted molar refractivity (Wildman–Crippen MR) is 95.4 cm³/mol. The molecule has 25 heavy (non-hydrogen) atoms. The van der Waals surface area contributed by atoms with E-state index in [2.05, 4.69) is 33.0 Å². The van der Waals surface area contributed by atoms with Gasteiger partial charge in [0.2, 0.25) is 11.8 Å². The molecule has 0 bridgehead atoms. The quantitative estimate of drug-likeness (QED) is 0.573. The molecule has 134 valence electrons. The number of hydrogen-bond donors (Lipinski definition) is 2. The van der Waals surface area contributed by atoms with Crippen molar-refractivity contribution in [2.75, 3.05) is 5.75 Å². The maximum Gasteiger partial charge on any atom is 0.248 e. The topological polar surface area (TPSA) is 102 Å². The number of thioether (sulfide) groups is 1. The van der Waals surface area contributed by atoms with Gasteiger partial charge >= 0.3 is 0 Å². The molecule has 0 saturated heterocycles. The van der Waals surface area contributed by atoms with E-state index in [0.717, 1.165) is 24.4 Å². The highest BCUT2D eigenvalue weighted by Crippen LogP contribution is 2.23. The molecular formula is C16H22N6O2S. The van der Waals surface area contributed by atoms with Crippen molar-refractivity contribution >= 4 is 23.6 Å². The van der Waals surface area contributed by atoms with Crippen molar-refractivity contribution in [1.82, 2.24) is 30.6 Å². The highest BCUT2D eigenvalue weighted by Gasteiger charge is 2.15. The summed E-state index contributed by atoms with van der Waals surface area (Å²) in [4.78, 5) is 27.3. The second kappa shape index (κ2) is 9.16. The molecule has 0 fully saturated rings. The van der Waals surface area contributed by atoms with E-state index in [1.54, 1.807) is 26.2 Å². The lowest BCUT2D eigenvalue weighted by atomic mass is 10.2. The molecular weight excluding hydrogens is 340 g/mol. The number of hydrogen-bond acceptors (Lipinski definition) is 6. The van der Waals surface area contributed by atoms with E-state index in [4.69, 9.17) is 0 Å². The Bertz CT molecular complexity index is 717. The Labute approximate surface area is 150 Å². The van der Waals surface area contributed by atoms with Gasteiger partial charge < -0.3 is 4.57 Å². The highest BCUT2D eigenvalue weighted by atomic mass is 32.2. The molecule has 0 atom stereocenters. The van der Waals surface area contributed by atoms with Crippen LogP contribution in [0.15, 0.2) is 29.7 Å². The third-order valence-electron chi connectivity index (χ3n) is 3.28. The number of carbonyl (C=O) groups excluding carboxylic acids is 2. The predicted octanol–water partition coefficient (Wildman–Crippen LogP) is 1.65. The molecule has 2 rings (SSSR count). The Balaban J connectivity index is 2.01. The van der Waals surface area contributed by atoms with Crippen molar-refractivity contribution in [2.24, 2.45) is 5.92 Å². The van der Waals surface area contributed by atoms with Crippen LogP contribution >= 0.6 is 11.8 Å². The lowest BCUT2D eigenvalue weighted by molar-refractivity contribution is -0.129. The summed E-state index contributed by atoms with van der Waals surface area (Å²) in [7, 11) is 0. The van der Waals surface area contributed by atoms with Crippen LogP contribution in [-0.4, -0.2) is 37.3 Å². The lowest BCUT2D eigenvalue weighted by Gasteiger charge is -2.10. The molecule has 0 spiro atoms. The van der Waals surface area contributed by atoms with Gasteiger partial charge in [-0.25, -0.2) is 0 Å². The highest BCUT2D eigenvalue weighted by molar-refractivity contribution is 7.99. The zero-order chi connectivity index (χ0) is 18.2. The number of carbonyl (C=O) groups is 2. The standard InChI is InChI=1S/C16H22N6O2S/c1-4-9-22-14(12-5-7-17-8-6-12)19-21-16(22)25-10-13(23)18-20-15(24)11(2)3/h5-8,11H,4,9-10H2,1-3H3,(H,18,23)(H,20,24). The van der Waals surface area contributed by atoms with Crippen molar-refractivity contribution in [1.29, 1.82) is 0 Å². The van der Waals surface area contributed by atoms with Crippen molar-refractivity contribution in [3.8, 4) is 11.4 Å². The van der Waals surface area contributed by atoms with Gasteiger partial charge in [0.1, 0.15) is 0 Å². The van der Waals surface area contributed by atoms with E-state index in [9.17, 15) is 9.59 Å². The van der Waals surface area contributed by atoms with Crippen molar-refractivity contribution in [3.63, 3.8) is 0 Å². The van der Waals surface area contributed by atoms with Crippen LogP contribution in [0.25, 0.3) is 11.4 Å². The Morgan fingerprint density at radius 3 is 2.56 bits per heavy atom. The second-order valence-electron chi connectivity index (χ2n) is 5.67. The minimum Gasteiger partial charge on any atom is -0.302 e. The van der Waals surface area contributed by atoms with Crippen LogP contribution in [0.3, 0.4) is 0 Å². The average Bonchev–Trinajstić information content (AvgIpc) is 3.01. The first-order valence-corrected chi connectivity index (χ1v) is 9.06. The molecule has 9 heteroatoms. The lowest BCUT2D eigenvalue weighted by Crippen LogP contribution is -2.44. The first kappa shape index (κ1) is 18.9. The fraction of sp³-hybridized carbons (Fsp3) is 0.438. The summed E-state index contributed by atoms with van der Waals surface area (Å²) in [5.41, 5.74) is 5.71. The number of rotatable bonds is 7. The summed E-state index contributed by atoms with van der Waals surface area (Å²) < 4.78 is 1.99.